The van der Waals surface area contributed by atoms with Gasteiger partial charge in [0, 0.05) is 72.8 Å². The Bertz CT molecular complexity index is 2410. The number of aromatic amines is 1. The van der Waals surface area contributed by atoms with Crippen molar-refractivity contribution >= 4 is 79.6 Å². The number of aryl methyl sites for hydroxylation is 1. The number of rotatable bonds is 10. The zero-order valence-corrected chi connectivity index (χ0v) is 28.4. The first-order chi connectivity index (χ1) is 24.4. The fraction of sp³-hybridized carbons (Fsp3) is 0.0976. The average Bonchev–Trinajstić information content (AvgIpc) is 3.70. The van der Waals surface area contributed by atoms with Crippen LogP contribution < -0.4 is 16.0 Å². The molecule has 0 saturated heterocycles. The predicted molar refractivity (Wildman–Crippen MR) is 204 cm³/mol. The van der Waals surface area contributed by atoms with E-state index in [1.807, 2.05) is 79.7 Å². The van der Waals surface area contributed by atoms with Gasteiger partial charge in [-0.1, -0.05) is 60.7 Å². The first-order valence-electron chi connectivity index (χ1n) is 16.4. The van der Waals surface area contributed by atoms with Gasteiger partial charge in [-0.05, 0) is 80.6 Å². The Balaban J connectivity index is 1.07. The summed E-state index contributed by atoms with van der Waals surface area (Å²) in [5.74, 6) is -1.01. The largest absolute Gasteiger partial charge is 0.361 e. The molecule has 9 heteroatoms. The number of carbonyl (C=O) groups excluding carboxylic acids is 3. The SMILES string of the molecule is CCn1c2ccccc2c2cc(NC(=O)C(C)Sc3cccc(NC(=O)/C(=C/c4c[nH]c5ccccc45)NC(=O)c4ccccc4)c3)ccc21. The van der Waals surface area contributed by atoms with Crippen LogP contribution in [0.3, 0.4) is 0 Å². The van der Waals surface area contributed by atoms with E-state index in [0.29, 0.717) is 11.3 Å². The molecule has 3 amide bonds. The Hall–Kier alpha value is -6.06. The maximum Gasteiger partial charge on any atom is 0.272 e. The third-order valence-electron chi connectivity index (χ3n) is 8.58. The van der Waals surface area contributed by atoms with E-state index >= 15 is 0 Å². The minimum atomic E-state index is -0.479. The van der Waals surface area contributed by atoms with Gasteiger partial charge in [-0.15, -0.1) is 11.8 Å². The highest BCUT2D eigenvalue weighted by molar-refractivity contribution is 8.00. The quantitative estimate of drug-likeness (QED) is 0.0857. The Labute approximate surface area is 293 Å². The summed E-state index contributed by atoms with van der Waals surface area (Å²) >= 11 is 1.39. The van der Waals surface area contributed by atoms with Crippen LogP contribution in [0, 0.1) is 0 Å². The second kappa shape index (κ2) is 14.2. The number of H-pyrrole nitrogens is 1. The highest BCUT2D eigenvalue weighted by atomic mass is 32.2. The molecule has 50 heavy (non-hydrogen) atoms. The molecule has 2 heterocycles. The molecule has 0 aliphatic rings. The van der Waals surface area contributed by atoms with Gasteiger partial charge in [0.25, 0.3) is 11.8 Å². The number of nitrogens with one attached hydrogen (secondary N) is 4. The second-order valence-electron chi connectivity index (χ2n) is 11.9. The molecule has 0 aliphatic carbocycles. The van der Waals surface area contributed by atoms with Crippen LogP contribution in [0.25, 0.3) is 38.8 Å². The maximum atomic E-state index is 13.7. The van der Waals surface area contributed by atoms with Crippen LogP contribution in [0.5, 0.6) is 0 Å². The first-order valence-corrected chi connectivity index (χ1v) is 17.3. The van der Waals surface area contributed by atoms with Crippen LogP contribution in [-0.4, -0.2) is 32.5 Å². The summed E-state index contributed by atoms with van der Waals surface area (Å²) < 4.78 is 2.28. The fourth-order valence-corrected chi connectivity index (χ4v) is 7.06. The number of hydrogen-bond donors (Lipinski definition) is 4. The van der Waals surface area contributed by atoms with Crippen LogP contribution in [0.2, 0.25) is 0 Å². The fourth-order valence-electron chi connectivity index (χ4n) is 6.13. The Kier molecular flexibility index (Phi) is 9.22. The van der Waals surface area contributed by atoms with Crippen molar-refractivity contribution < 1.29 is 14.4 Å². The van der Waals surface area contributed by atoms with Gasteiger partial charge in [0.15, 0.2) is 0 Å². The molecule has 7 aromatic rings. The van der Waals surface area contributed by atoms with Gasteiger partial charge in [0.05, 0.1) is 5.25 Å². The van der Waals surface area contributed by atoms with Crippen LogP contribution in [-0.2, 0) is 16.1 Å². The maximum absolute atomic E-state index is 13.7. The van der Waals surface area contributed by atoms with Crippen molar-refractivity contribution in [2.75, 3.05) is 10.6 Å². The van der Waals surface area contributed by atoms with Crippen molar-refractivity contribution in [3.63, 3.8) is 0 Å². The van der Waals surface area contributed by atoms with Crippen molar-refractivity contribution in [1.82, 2.24) is 14.9 Å². The minimum Gasteiger partial charge on any atom is -0.361 e. The molecule has 1 atom stereocenters. The van der Waals surface area contributed by atoms with Gasteiger partial charge in [0.1, 0.15) is 5.70 Å². The van der Waals surface area contributed by atoms with Crippen molar-refractivity contribution in [1.29, 1.82) is 0 Å². The monoisotopic (exact) mass is 677 g/mol. The number of fused-ring (bicyclic) bond motifs is 4. The van der Waals surface area contributed by atoms with Gasteiger partial charge in [-0.2, -0.15) is 0 Å². The number of thioether (sulfide) groups is 1. The summed E-state index contributed by atoms with van der Waals surface area (Å²) in [7, 11) is 0. The highest BCUT2D eigenvalue weighted by Crippen LogP contribution is 2.32. The van der Waals surface area contributed by atoms with E-state index in [1.165, 1.54) is 17.3 Å². The van der Waals surface area contributed by atoms with Crippen LogP contribution in [0.4, 0.5) is 11.4 Å². The van der Waals surface area contributed by atoms with E-state index in [9.17, 15) is 14.4 Å². The lowest BCUT2D eigenvalue weighted by atomic mass is 10.1. The number of para-hydroxylation sites is 2. The van der Waals surface area contributed by atoms with Crippen LogP contribution >= 0.6 is 11.8 Å². The topological polar surface area (TPSA) is 108 Å². The lowest BCUT2D eigenvalue weighted by Gasteiger charge is -2.14. The molecule has 5 aromatic carbocycles. The Morgan fingerprint density at radius 3 is 2.30 bits per heavy atom. The Morgan fingerprint density at radius 1 is 0.760 bits per heavy atom. The second-order valence-corrected chi connectivity index (χ2v) is 13.3. The summed E-state index contributed by atoms with van der Waals surface area (Å²) in [6, 6.07) is 38.2. The minimum absolute atomic E-state index is 0.0911. The molecule has 0 bridgehead atoms. The number of carbonyl (C=O) groups is 3. The predicted octanol–water partition coefficient (Wildman–Crippen LogP) is 8.82. The molecule has 2 aromatic heterocycles. The van der Waals surface area contributed by atoms with Crippen molar-refractivity contribution in [3.05, 3.63) is 144 Å². The molecule has 4 N–H and O–H groups in total. The molecule has 0 aliphatic heterocycles. The molecule has 0 spiro atoms. The van der Waals surface area contributed by atoms with Gasteiger partial charge < -0.3 is 25.5 Å². The molecule has 1 unspecified atom stereocenters. The standard InChI is InChI=1S/C41H35N5O3S/c1-3-46-37-19-10-8-17-33(37)34-24-30(20-21-38(34)46)43-39(47)26(2)50-31-15-11-14-29(23-31)44-41(49)36(45-40(48)27-12-5-4-6-13-27)22-28-25-42-35-18-9-7-16-32(28)35/h4-26,42H,3H2,1-2H3,(H,43,47)(H,44,49)(H,45,48)/b36-22-. The Morgan fingerprint density at radius 2 is 1.48 bits per heavy atom. The third kappa shape index (κ3) is 6.76. The summed E-state index contributed by atoms with van der Waals surface area (Å²) in [5, 5.41) is 11.6. The zero-order chi connectivity index (χ0) is 34.6. The van der Waals surface area contributed by atoms with E-state index in [-0.39, 0.29) is 11.6 Å². The van der Waals surface area contributed by atoms with Gasteiger partial charge >= 0.3 is 0 Å². The molecule has 8 nitrogen and oxygen atoms in total. The smallest absolute Gasteiger partial charge is 0.272 e. The lowest BCUT2D eigenvalue weighted by Crippen LogP contribution is -2.30. The van der Waals surface area contributed by atoms with Crippen molar-refractivity contribution in [2.24, 2.45) is 0 Å². The van der Waals surface area contributed by atoms with Crippen molar-refractivity contribution in [2.45, 2.75) is 30.5 Å². The van der Waals surface area contributed by atoms with E-state index < -0.39 is 17.1 Å². The number of hydrogen-bond acceptors (Lipinski definition) is 4. The number of amides is 3. The number of anilines is 2. The van der Waals surface area contributed by atoms with Crippen molar-refractivity contribution in [3.8, 4) is 0 Å². The highest BCUT2D eigenvalue weighted by Gasteiger charge is 2.19. The summed E-state index contributed by atoms with van der Waals surface area (Å²) in [5.41, 5.74) is 5.78. The number of nitrogens with zero attached hydrogens (tertiary/aromatic N) is 1. The molecule has 7 rings (SSSR count). The zero-order valence-electron chi connectivity index (χ0n) is 27.6. The van der Waals surface area contributed by atoms with E-state index in [0.717, 1.165) is 49.9 Å². The summed E-state index contributed by atoms with van der Waals surface area (Å²) in [4.78, 5) is 44.2. The normalized spacial score (nSPS) is 12.2. The van der Waals surface area contributed by atoms with E-state index in [4.69, 9.17) is 0 Å². The molecular weight excluding hydrogens is 643 g/mol. The summed E-state index contributed by atoms with van der Waals surface area (Å²) in [6.07, 6.45) is 3.47. The van der Waals surface area contributed by atoms with Gasteiger partial charge in [0.2, 0.25) is 5.91 Å². The van der Waals surface area contributed by atoms with Gasteiger partial charge in [-0.25, -0.2) is 0 Å². The van der Waals surface area contributed by atoms with E-state index in [1.54, 1.807) is 42.6 Å². The summed E-state index contributed by atoms with van der Waals surface area (Å²) in [6.45, 7) is 4.84. The molecule has 0 fully saturated rings. The van der Waals surface area contributed by atoms with Gasteiger partial charge in [-0.3, -0.25) is 14.4 Å². The first kappa shape index (κ1) is 32.5. The van der Waals surface area contributed by atoms with E-state index in [2.05, 4.69) is 50.6 Å². The molecule has 248 valence electrons. The number of benzene rings is 5. The lowest BCUT2D eigenvalue weighted by molar-refractivity contribution is -0.115. The molecule has 0 radical (unpaired) electrons. The number of aromatic nitrogens is 2. The van der Waals surface area contributed by atoms with Crippen LogP contribution in [0.15, 0.2) is 138 Å². The third-order valence-corrected chi connectivity index (χ3v) is 9.67. The molecular formula is C41H35N5O3S. The average molecular weight is 678 g/mol. The molecule has 0 saturated carbocycles. The van der Waals surface area contributed by atoms with Crippen LogP contribution in [0.1, 0.15) is 29.8 Å².